The maximum Gasteiger partial charge on any atom is 0.311 e. The van der Waals surface area contributed by atoms with Gasteiger partial charge in [-0.1, -0.05) is 70.8 Å². The molecule has 1 aromatic carbocycles. The van der Waals surface area contributed by atoms with Crippen LogP contribution in [-0.4, -0.2) is 23.5 Å². The van der Waals surface area contributed by atoms with Crippen molar-refractivity contribution in [2.24, 2.45) is 0 Å². The minimum absolute atomic E-state index is 0.0996. The van der Waals surface area contributed by atoms with Crippen molar-refractivity contribution in [2.45, 2.75) is 96.8 Å². The number of hydrogen-bond acceptors (Lipinski definition) is 6. The Bertz CT molecular complexity index is 661. The molecule has 7 nitrogen and oxygen atoms in total. The molecule has 174 valence electrons. The van der Waals surface area contributed by atoms with E-state index in [1.54, 1.807) is 0 Å². The molecule has 0 aromatic heterocycles. The number of unbranched alkanes of at least 4 members (excludes halogenated alkanes) is 10. The fourth-order valence-corrected chi connectivity index (χ4v) is 3.23. The van der Waals surface area contributed by atoms with E-state index in [1.807, 2.05) is 0 Å². The Kier molecular flexibility index (Phi) is 14.8. The van der Waals surface area contributed by atoms with Crippen molar-refractivity contribution in [2.75, 3.05) is 6.61 Å². The maximum absolute atomic E-state index is 11.8. The molecule has 0 spiro atoms. The number of ether oxygens (including phenoxy) is 2. The average molecular weight is 436 g/mol. The topological polar surface area (TPSA) is 95.7 Å². The molecular formula is C24H37NO6. The molecule has 1 rings (SSSR count). The van der Waals surface area contributed by atoms with E-state index in [-0.39, 0.29) is 29.8 Å². The zero-order valence-electron chi connectivity index (χ0n) is 18.8. The van der Waals surface area contributed by atoms with E-state index in [0.717, 1.165) is 44.9 Å². The van der Waals surface area contributed by atoms with Gasteiger partial charge in [-0.15, -0.1) is 0 Å². The SMILES string of the molecule is CCCCCCCCOC(=O)CCCCCCCCC(=O)Oc1cccc([N+](=O)[O-])c1. The number of nitrogens with zero attached hydrogens (tertiary/aromatic N) is 1. The normalized spacial score (nSPS) is 10.6. The highest BCUT2D eigenvalue weighted by Gasteiger charge is 2.10. The molecule has 0 aliphatic heterocycles. The Labute approximate surface area is 185 Å². The molecule has 0 fully saturated rings. The minimum Gasteiger partial charge on any atom is -0.466 e. The zero-order chi connectivity index (χ0) is 22.7. The lowest BCUT2D eigenvalue weighted by Gasteiger charge is -2.06. The maximum atomic E-state index is 11.8. The number of esters is 2. The molecule has 0 bridgehead atoms. The second-order valence-corrected chi connectivity index (χ2v) is 7.84. The lowest BCUT2D eigenvalue weighted by atomic mass is 10.1. The first-order chi connectivity index (χ1) is 15.0. The summed E-state index contributed by atoms with van der Waals surface area (Å²) in [6.07, 6.45) is 13.3. The Morgan fingerprint density at radius 3 is 2.06 bits per heavy atom. The number of nitro groups is 1. The molecule has 0 heterocycles. The predicted molar refractivity (Wildman–Crippen MR) is 120 cm³/mol. The van der Waals surface area contributed by atoms with Gasteiger partial charge in [0.1, 0.15) is 5.75 Å². The van der Waals surface area contributed by atoms with Crippen LogP contribution in [0.3, 0.4) is 0 Å². The van der Waals surface area contributed by atoms with Gasteiger partial charge in [-0.2, -0.15) is 0 Å². The number of carbonyl (C=O) groups is 2. The number of non-ortho nitro benzene ring substituents is 1. The Balaban J connectivity index is 1.95. The van der Waals surface area contributed by atoms with Crippen LogP contribution >= 0.6 is 0 Å². The summed E-state index contributed by atoms with van der Waals surface area (Å²) in [5.74, 6) is -0.284. The van der Waals surface area contributed by atoms with Crippen molar-refractivity contribution in [3.05, 3.63) is 34.4 Å². The number of rotatable bonds is 18. The van der Waals surface area contributed by atoms with Crippen LogP contribution in [0.25, 0.3) is 0 Å². The third-order valence-electron chi connectivity index (χ3n) is 5.03. The van der Waals surface area contributed by atoms with Crippen LogP contribution in [0, 0.1) is 10.1 Å². The van der Waals surface area contributed by atoms with Crippen molar-refractivity contribution in [3.8, 4) is 5.75 Å². The molecule has 0 aliphatic rings. The number of carbonyl (C=O) groups excluding carboxylic acids is 2. The van der Waals surface area contributed by atoms with E-state index >= 15 is 0 Å². The first-order valence-electron chi connectivity index (χ1n) is 11.6. The van der Waals surface area contributed by atoms with Crippen molar-refractivity contribution in [1.29, 1.82) is 0 Å². The van der Waals surface area contributed by atoms with E-state index in [9.17, 15) is 19.7 Å². The highest BCUT2D eigenvalue weighted by atomic mass is 16.6. The van der Waals surface area contributed by atoms with Crippen molar-refractivity contribution < 1.29 is 24.0 Å². The fraction of sp³-hybridized carbons (Fsp3) is 0.667. The molecule has 0 atom stereocenters. The van der Waals surface area contributed by atoms with Crippen LogP contribution in [0.2, 0.25) is 0 Å². The summed E-state index contributed by atoms with van der Waals surface area (Å²) >= 11 is 0. The quantitative estimate of drug-likeness (QED) is 0.0855. The van der Waals surface area contributed by atoms with E-state index in [2.05, 4.69) is 6.92 Å². The van der Waals surface area contributed by atoms with Gasteiger partial charge in [0.25, 0.3) is 5.69 Å². The molecule has 0 radical (unpaired) electrons. The molecule has 1 aromatic rings. The third kappa shape index (κ3) is 14.2. The average Bonchev–Trinajstić information content (AvgIpc) is 2.75. The summed E-state index contributed by atoms with van der Waals surface area (Å²) in [6.45, 7) is 2.74. The molecule has 0 amide bonds. The van der Waals surface area contributed by atoms with Gasteiger partial charge < -0.3 is 9.47 Å². The molecule has 0 unspecified atom stereocenters. The van der Waals surface area contributed by atoms with Gasteiger partial charge in [0.05, 0.1) is 17.6 Å². The molecule has 0 saturated heterocycles. The molecule has 31 heavy (non-hydrogen) atoms. The molecular weight excluding hydrogens is 398 g/mol. The second kappa shape index (κ2) is 17.3. The van der Waals surface area contributed by atoms with E-state index < -0.39 is 4.92 Å². The minimum atomic E-state index is -0.521. The second-order valence-electron chi connectivity index (χ2n) is 7.84. The summed E-state index contributed by atoms with van der Waals surface area (Å²) in [6, 6.07) is 5.62. The Morgan fingerprint density at radius 2 is 1.42 bits per heavy atom. The van der Waals surface area contributed by atoms with Gasteiger partial charge in [-0.3, -0.25) is 19.7 Å². The van der Waals surface area contributed by atoms with Crippen LogP contribution in [0.5, 0.6) is 5.75 Å². The van der Waals surface area contributed by atoms with Crippen molar-refractivity contribution >= 4 is 17.6 Å². The monoisotopic (exact) mass is 435 g/mol. The standard InChI is InChI=1S/C24H37NO6/c1-2-3-4-5-10-13-19-30-23(26)17-11-8-6-7-9-12-18-24(27)31-22-16-14-15-21(20-22)25(28)29/h14-16,20H,2-13,17-19H2,1H3. The van der Waals surface area contributed by atoms with Crippen LogP contribution in [-0.2, 0) is 14.3 Å². The first-order valence-corrected chi connectivity index (χ1v) is 11.6. The van der Waals surface area contributed by atoms with Crippen LogP contribution < -0.4 is 4.74 Å². The summed E-state index contributed by atoms with van der Waals surface area (Å²) in [5, 5.41) is 10.7. The van der Waals surface area contributed by atoms with E-state index in [4.69, 9.17) is 9.47 Å². The van der Waals surface area contributed by atoms with Gasteiger partial charge in [-0.25, -0.2) is 0 Å². The lowest BCUT2D eigenvalue weighted by molar-refractivity contribution is -0.384. The highest BCUT2D eigenvalue weighted by molar-refractivity contribution is 5.72. The summed E-state index contributed by atoms with van der Waals surface area (Å²) in [5.41, 5.74) is -0.100. The summed E-state index contributed by atoms with van der Waals surface area (Å²) in [4.78, 5) is 33.7. The van der Waals surface area contributed by atoms with Gasteiger partial charge >= 0.3 is 11.9 Å². The first kappa shape index (κ1) is 26.6. The number of hydrogen-bond donors (Lipinski definition) is 0. The fourth-order valence-electron chi connectivity index (χ4n) is 3.23. The van der Waals surface area contributed by atoms with Gasteiger partial charge in [0, 0.05) is 18.9 Å². The molecule has 0 N–H and O–H groups in total. The largest absolute Gasteiger partial charge is 0.466 e. The zero-order valence-corrected chi connectivity index (χ0v) is 18.8. The third-order valence-corrected chi connectivity index (χ3v) is 5.03. The van der Waals surface area contributed by atoms with E-state index in [0.29, 0.717) is 19.4 Å². The summed E-state index contributed by atoms with van der Waals surface area (Å²) in [7, 11) is 0. The van der Waals surface area contributed by atoms with E-state index in [1.165, 1.54) is 49.9 Å². The van der Waals surface area contributed by atoms with Crippen molar-refractivity contribution in [1.82, 2.24) is 0 Å². The Morgan fingerprint density at radius 1 is 0.839 bits per heavy atom. The van der Waals surface area contributed by atoms with Crippen LogP contribution in [0.15, 0.2) is 24.3 Å². The Hall–Kier alpha value is -2.44. The lowest BCUT2D eigenvalue weighted by Crippen LogP contribution is -2.07. The van der Waals surface area contributed by atoms with Gasteiger partial charge in [0.15, 0.2) is 0 Å². The molecule has 7 heteroatoms. The molecule has 0 saturated carbocycles. The van der Waals surface area contributed by atoms with Gasteiger partial charge in [-0.05, 0) is 25.3 Å². The highest BCUT2D eigenvalue weighted by Crippen LogP contribution is 2.20. The van der Waals surface area contributed by atoms with Crippen molar-refractivity contribution in [3.63, 3.8) is 0 Å². The van der Waals surface area contributed by atoms with Crippen LogP contribution in [0.1, 0.15) is 96.8 Å². The molecule has 0 aliphatic carbocycles. The predicted octanol–water partition coefficient (Wildman–Crippen LogP) is 6.52. The summed E-state index contributed by atoms with van der Waals surface area (Å²) < 4.78 is 10.4. The smallest absolute Gasteiger partial charge is 0.311 e. The number of nitro benzene ring substituents is 1. The number of benzene rings is 1. The van der Waals surface area contributed by atoms with Gasteiger partial charge in [0.2, 0.25) is 0 Å². The van der Waals surface area contributed by atoms with Crippen LogP contribution in [0.4, 0.5) is 5.69 Å².